The molecular weight excluding hydrogens is 462 g/mol. The first-order chi connectivity index (χ1) is 15.4. The molecule has 33 heavy (non-hydrogen) atoms. The third-order valence-corrected chi connectivity index (χ3v) is 9.99. The van der Waals surface area contributed by atoms with Gasteiger partial charge >= 0.3 is 0 Å². The zero-order valence-corrected chi connectivity index (χ0v) is 21.2. The summed E-state index contributed by atoms with van der Waals surface area (Å²) in [7, 11) is -4.47. The standard InChI is InChI=1S/C23H31N3O5S2/c1-16-9-12-21(32(28,29)25(4)5)15-22(16)23(27)24-19-10-13-20(14-11-19)33(30,31)26-17(2)7-6-8-18(26)3/h9-15,17-18H,6-8H2,1-5H3,(H,24,27). The molecule has 1 amide bonds. The molecule has 180 valence electrons. The number of nitrogens with one attached hydrogen (secondary N) is 1. The van der Waals surface area contributed by atoms with E-state index in [0.29, 0.717) is 11.3 Å². The number of benzene rings is 2. The summed E-state index contributed by atoms with van der Waals surface area (Å²) in [6.07, 6.45) is 2.68. The third-order valence-electron chi connectivity index (χ3n) is 6.03. The zero-order chi connectivity index (χ0) is 24.6. The van der Waals surface area contributed by atoms with Crippen LogP contribution in [0.3, 0.4) is 0 Å². The summed E-state index contributed by atoms with van der Waals surface area (Å²) >= 11 is 0. The fraction of sp³-hybridized carbons (Fsp3) is 0.435. The predicted molar refractivity (Wildman–Crippen MR) is 128 cm³/mol. The molecule has 1 fully saturated rings. The van der Waals surface area contributed by atoms with Crippen LogP contribution in [0.1, 0.15) is 49.0 Å². The summed E-state index contributed by atoms with van der Waals surface area (Å²) in [5, 5.41) is 2.73. The SMILES string of the molecule is Cc1ccc(S(=O)(=O)N(C)C)cc1C(=O)Nc1ccc(S(=O)(=O)N2C(C)CCCC2C)cc1. The lowest BCUT2D eigenvalue weighted by Gasteiger charge is -2.37. The molecule has 2 aromatic rings. The molecular formula is C23H31N3O5S2. The molecule has 2 aromatic carbocycles. The van der Waals surface area contributed by atoms with E-state index in [0.717, 1.165) is 23.6 Å². The Bertz CT molecular complexity index is 1230. The molecule has 1 aliphatic rings. The monoisotopic (exact) mass is 493 g/mol. The van der Waals surface area contributed by atoms with E-state index in [9.17, 15) is 21.6 Å². The summed E-state index contributed by atoms with van der Waals surface area (Å²) in [4.78, 5) is 13.1. The highest BCUT2D eigenvalue weighted by Crippen LogP contribution is 2.30. The van der Waals surface area contributed by atoms with Crippen LogP contribution < -0.4 is 5.32 Å². The normalized spacial score (nSPS) is 20.1. The molecule has 3 rings (SSSR count). The van der Waals surface area contributed by atoms with Crippen LogP contribution in [0.5, 0.6) is 0 Å². The second-order valence-electron chi connectivity index (χ2n) is 8.71. The van der Waals surface area contributed by atoms with Gasteiger partial charge in [-0.1, -0.05) is 12.5 Å². The summed E-state index contributed by atoms with van der Waals surface area (Å²) < 4.78 is 53.8. The number of carbonyl (C=O) groups excluding carboxylic acids is 1. The number of nitrogens with zero attached hydrogens (tertiary/aromatic N) is 2. The number of rotatable bonds is 6. The van der Waals surface area contributed by atoms with E-state index in [4.69, 9.17) is 0 Å². The highest BCUT2D eigenvalue weighted by Gasteiger charge is 2.35. The van der Waals surface area contributed by atoms with Gasteiger partial charge in [0, 0.05) is 37.4 Å². The lowest BCUT2D eigenvalue weighted by atomic mass is 10.0. The van der Waals surface area contributed by atoms with E-state index in [1.807, 2.05) is 13.8 Å². The first-order valence-corrected chi connectivity index (χ1v) is 13.7. The molecule has 0 radical (unpaired) electrons. The Hall–Kier alpha value is -2.27. The van der Waals surface area contributed by atoms with Crippen molar-refractivity contribution in [2.45, 2.75) is 61.9 Å². The minimum atomic E-state index is -3.68. The number of piperidine rings is 1. The number of anilines is 1. The molecule has 1 N–H and O–H groups in total. The highest BCUT2D eigenvalue weighted by atomic mass is 32.2. The van der Waals surface area contributed by atoms with Crippen molar-refractivity contribution < 1.29 is 21.6 Å². The first kappa shape index (κ1) is 25.4. The van der Waals surface area contributed by atoms with E-state index in [1.165, 1.54) is 38.4 Å². The third kappa shape index (κ3) is 5.13. The van der Waals surface area contributed by atoms with Gasteiger partial charge in [-0.25, -0.2) is 21.1 Å². The molecule has 0 aliphatic carbocycles. The molecule has 0 bridgehead atoms. The minimum absolute atomic E-state index is 0.0227. The molecule has 10 heteroatoms. The molecule has 0 saturated carbocycles. The molecule has 0 aromatic heterocycles. The fourth-order valence-electron chi connectivity index (χ4n) is 4.12. The maximum Gasteiger partial charge on any atom is 0.255 e. The van der Waals surface area contributed by atoms with Crippen molar-refractivity contribution in [3.8, 4) is 0 Å². The van der Waals surface area contributed by atoms with Crippen molar-refractivity contribution in [3.05, 3.63) is 53.6 Å². The molecule has 0 spiro atoms. The molecule has 1 saturated heterocycles. The average molecular weight is 494 g/mol. The van der Waals surface area contributed by atoms with Crippen LogP contribution in [0.4, 0.5) is 5.69 Å². The first-order valence-electron chi connectivity index (χ1n) is 10.8. The summed E-state index contributed by atoms with van der Waals surface area (Å²) in [5.41, 5.74) is 1.27. The van der Waals surface area contributed by atoms with Crippen LogP contribution in [0.25, 0.3) is 0 Å². The second kappa shape index (κ2) is 9.54. The molecule has 2 atom stereocenters. The topological polar surface area (TPSA) is 104 Å². The maximum atomic E-state index is 13.2. The van der Waals surface area contributed by atoms with Crippen LogP contribution >= 0.6 is 0 Å². The fourth-order valence-corrected chi connectivity index (χ4v) is 6.93. The van der Waals surface area contributed by atoms with Crippen molar-refractivity contribution in [3.63, 3.8) is 0 Å². The van der Waals surface area contributed by atoms with Gasteiger partial charge in [0.2, 0.25) is 20.0 Å². The minimum Gasteiger partial charge on any atom is -0.322 e. The lowest BCUT2D eigenvalue weighted by Crippen LogP contribution is -2.47. The molecule has 8 nitrogen and oxygen atoms in total. The van der Waals surface area contributed by atoms with Gasteiger partial charge in [0.05, 0.1) is 9.79 Å². The van der Waals surface area contributed by atoms with Crippen LogP contribution in [0, 0.1) is 6.92 Å². The van der Waals surface area contributed by atoms with Crippen LogP contribution in [-0.2, 0) is 20.0 Å². The van der Waals surface area contributed by atoms with Crippen LogP contribution in [0.2, 0.25) is 0 Å². The van der Waals surface area contributed by atoms with Gasteiger partial charge in [-0.2, -0.15) is 4.31 Å². The van der Waals surface area contributed by atoms with Crippen molar-refractivity contribution in [2.75, 3.05) is 19.4 Å². The lowest BCUT2D eigenvalue weighted by molar-refractivity contribution is 0.102. The molecule has 1 aliphatic heterocycles. The number of sulfonamides is 2. The van der Waals surface area contributed by atoms with Gasteiger partial charge in [0.1, 0.15) is 0 Å². The van der Waals surface area contributed by atoms with Gasteiger partial charge in [0.25, 0.3) is 5.91 Å². The van der Waals surface area contributed by atoms with Gasteiger partial charge in [-0.3, -0.25) is 4.79 Å². The molecule has 1 heterocycles. The van der Waals surface area contributed by atoms with Crippen molar-refractivity contribution in [1.82, 2.24) is 8.61 Å². The summed E-state index contributed by atoms with van der Waals surface area (Å²) in [5.74, 6) is -0.475. The Morgan fingerprint density at radius 3 is 2.03 bits per heavy atom. The highest BCUT2D eigenvalue weighted by molar-refractivity contribution is 7.89. The van der Waals surface area contributed by atoms with Gasteiger partial charge in [-0.15, -0.1) is 0 Å². The maximum absolute atomic E-state index is 13.2. The van der Waals surface area contributed by atoms with E-state index in [-0.39, 0.29) is 27.4 Å². The van der Waals surface area contributed by atoms with E-state index in [1.54, 1.807) is 29.4 Å². The average Bonchev–Trinajstić information content (AvgIpc) is 2.73. The molecule has 2 unspecified atom stereocenters. The Balaban J connectivity index is 1.83. The van der Waals surface area contributed by atoms with E-state index in [2.05, 4.69) is 5.32 Å². The van der Waals surface area contributed by atoms with Crippen molar-refractivity contribution in [1.29, 1.82) is 0 Å². The number of hydrogen-bond acceptors (Lipinski definition) is 5. The smallest absolute Gasteiger partial charge is 0.255 e. The van der Waals surface area contributed by atoms with Crippen molar-refractivity contribution >= 4 is 31.6 Å². The second-order valence-corrected chi connectivity index (χ2v) is 12.7. The van der Waals surface area contributed by atoms with E-state index >= 15 is 0 Å². The van der Waals surface area contributed by atoms with Crippen LogP contribution in [0.15, 0.2) is 52.3 Å². The summed E-state index contributed by atoms with van der Waals surface area (Å²) in [6, 6.07) is 10.3. The predicted octanol–water partition coefficient (Wildman–Crippen LogP) is 3.45. The van der Waals surface area contributed by atoms with Gasteiger partial charge in [0.15, 0.2) is 0 Å². The number of hydrogen-bond donors (Lipinski definition) is 1. The van der Waals surface area contributed by atoms with Crippen molar-refractivity contribution in [2.24, 2.45) is 0 Å². The summed E-state index contributed by atoms with van der Waals surface area (Å²) in [6.45, 7) is 5.57. The number of aryl methyl sites for hydroxylation is 1. The number of carbonyl (C=O) groups is 1. The Kier molecular flexibility index (Phi) is 7.33. The zero-order valence-electron chi connectivity index (χ0n) is 19.6. The van der Waals surface area contributed by atoms with Gasteiger partial charge < -0.3 is 5.32 Å². The van der Waals surface area contributed by atoms with Gasteiger partial charge in [-0.05, 0) is 75.6 Å². The quantitative estimate of drug-likeness (QED) is 0.664. The van der Waals surface area contributed by atoms with E-state index < -0.39 is 26.0 Å². The van der Waals surface area contributed by atoms with Crippen LogP contribution in [-0.4, -0.2) is 57.5 Å². The Morgan fingerprint density at radius 2 is 1.48 bits per heavy atom. The largest absolute Gasteiger partial charge is 0.322 e. The Morgan fingerprint density at radius 1 is 0.939 bits per heavy atom. The Labute approximate surface area is 196 Å². The number of amides is 1.